The van der Waals surface area contributed by atoms with Gasteiger partial charge in [0.25, 0.3) is 0 Å². The number of hydrogen-bond acceptors (Lipinski definition) is 3. The minimum absolute atomic E-state index is 0.106. The third kappa shape index (κ3) is 5.98. The minimum atomic E-state index is -0.525. The van der Waals surface area contributed by atoms with E-state index in [0.29, 0.717) is 19.6 Å². The van der Waals surface area contributed by atoms with Gasteiger partial charge in [0, 0.05) is 25.7 Å². The molecule has 1 heterocycles. The molecular formula is C22H34N2O3. The Morgan fingerprint density at radius 1 is 1.26 bits per heavy atom. The van der Waals surface area contributed by atoms with Gasteiger partial charge in [-0.15, -0.1) is 0 Å². The third-order valence-corrected chi connectivity index (χ3v) is 4.93. The Labute approximate surface area is 163 Å². The van der Waals surface area contributed by atoms with Crippen LogP contribution >= 0.6 is 0 Å². The van der Waals surface area contributed by atoms with Gasteiger partial charge >= 0.3 is 6.09 Å². The SMILES string of the molecule is Cc1ccccc1CN(C(=O)[C@H]1CCCN(C(=O)OC(C)(C)C)C1)C(C)C. The second-order valence-corrected chi connectivity index (χ2v) is 8.75. The van der Waals surface area contributed by atoms with E-state index >= 15 is 0 Å². The first kappa shape index (κ1) is 21.3. The third-order valence-electron chi connectivity index (χ3n) is 4.93. The molecule has 1 aromatic carbocycles. The fraction of sp³-hybridized carbons (Fsp3) is 0.636. The number of carbonyl (C=O) groups excluding carboxylic acids is 2. The molecule has 1 aliphatic heterocycles. The zero-order valence-electron chi connectivity index (χ0n) is 17.6. The van der Waals surface area contributed by atoms with E-state index in [2.05, 4.69) is 19.1 Å². The molecule has 5 nitrogen and oxygen atoms in total. The van der Waals surface area contributed by atoms with Gasteiger partial charge in [0.2, 0.25) is 5.91 Å². The van der Waals surface area contributed by atoms with E-state index < -0.39 is 5.60 Å². The Kier molecular flexibility index (Phi) is 6.90. The van der Waals surface area contributed by atoms with Crippen molar-refractivity contribution in [3.8, 4) is 0 Å². The number of benzene rings is 1. The highest BCUT2D eigenvalue weighted by Gasteiger charge is 2.34. The molecule has 0 aromatic heterocycles. The molecule has 0 aliphatic carbocycles. The fourth-order valence-electron chi connectivity index (χ4n) is 3.39. The van der Waals surface area contributed by atoms with Crippen LogP contribution in [0.4, 0.5) is 4.79 Å². The number of piperidine rings is 1. The molecule has 1 aromatic rings. The number of hydrogen-bond donors (Lipinski definition) is 0. The van der Waals surface area contributed by atoms with Crippen LogP contribution in [0.2, 0.25) is 0 Å². The lowest BCUT2D eigenvalue weighted by Crippen LogP contribution is -2.49. The van der Waals surface area contributed by atoms with Crippen molar-refractivity contribution in [3.63, 3.8) is 0 Å². The van der Waals surface area contributed by atoms with E-state index in [0.717, 1.165) is 12.8 Å². The summed E-state index contributed by atoms with van der Waals surface area (Å²) in [5.41, 5.74) is 1.83. The van der Waals surface area contributed by atoms with Crippen molar-refractivity contribution in [3.05, 3.63) is 35.4 Å². The van der Waals surface area contributed by atoms with Crippen molar-refractivity contribution in [1.29, 1.82) is 0 Å². The summed E-state index contributed by atoms with van der Waals surface area (Å²) in [5.74, 6) is -0.0424. The molecule has 27 heavy (non-hydrogen) atoms. The lowest BCUT2D eigenvalue weighted by atomic mass is 9.95. The molecule has 0 unspecified atom stereocenters. The van der Waals surface area contributed by atoms with Gasteiger partial charge in [0.05, 0.1) is 5.92 Å². The van der Waals surface area contributed by atoms with Gasteiger partial charge in [-0.2, -0.15) is 0 Å². The molecule has 0 N–H and O–H groups in total. The quantitative estimate of drug-likeness (QED) is 0.786. The Hall–Kier alpha value is -2.04. The van der Waals surface area contributed by atoms with Crippen LogP contribution in [0, 0.1) is 12.8 Å². The smallest absolute Gasteiger partial charge is 0.410 e. The van der Waals surface area contributed by atoms with E-state index in [-0.39, 0.29) is 24.0 Å². The topological polar surface area (TPSA) is 49.9 Å². The standard InChI is InChI=1S/C22H34N2O3/c1-16(2)24(15-18-11-8-7-10-17(18)3)20(25)19-12-9-13-23(14-19)21(26)27-22(4,5)6/h7-8,10-11,16,19H,9,12-15H2,1-6H3/t19-/m0/s1. The van der Waals surface area contributed by atoms with Crippen LogP contribution in [0.3, 0.4) is 0 Å². The predicted octanol–water partition coefficient (Wildman–Crippen LogP) is 4.38. The Morgan fingerprint density at radius 2 is 1.93 bits per heavy atom. The maximum absolute atomic E-state index is 13.3. The van der Waals surface area contributed by atoms with Crippen LogP contribution in [-0.2, 0) is 16.1 Å². The van der Waals surface area contributed by atoms with Gasteiger partial charge in [-0.1, -0.05) is 24.3 Å². The van der Waals surface area contributed by atoms with Crippen LogP contribution in [0.25, 0.3) is 0 Å². The van der Waals surface area contributed by atoms with Gasteiger partial charge in [0.15, 0.2) is 0 Å². The zero-order chi connectivity index (χ0) is 20.2. The van der Waals surface area contributed by atoms with Crippen molar-refractivity contribution in [1.82, 2.24) is 9.80 Å². The second kappa shape index (κ2) is 8.77. The first-order chi connectivity index (χ1) is 12.6. The van der Waals surface area contributed by atoms with E-state index in [4.69, 9.17) is 4.74 Å². The van der Waals surface area contributed by atoms with Crippen molar-refractivity contribution >= 4 is 12.0 Å². The molecule has 1 atom stereocenters. The maximum atomic E-state index is 13.3. The summed E-state index contributed by atoms with van der Waals surface area (Å²) in [6.45, 7) is 13.4. The lowest BCUT2D eigenvalue weighted by molar-refractivity contribution is -0.139. The van der Waals surface area contributed by atoms with Crippen LogP contribution in [-0.4, -0.2) is 46.5 Å². The summed E-state index contributed by atoms with van der Waals surface area (Å²) in [6.07, 6.45) is 1.32. The molecule has 1 fully saturated rings. The van der Waals surface area contributed by atoms with Gasteiger partial charge in [-0.3, -0.25) is 4.79 Å². The van der Waals surface area contributed by atoms with E-state index in [1.54, 1.807) is 4.90 Å². The molecule has 2 amide bonds. The monoisotopic (exact) mass is 374 g/mol. The summed E-state index contributed by atoms with van der Waals surface area (Å²) >= 11 is 0. The maximum Gasteiger partial charge on any atom is 0.410 e. The van der Waals surface area contributed by atoms with Crippen molar-refractivity contribution in [2.75, 3.05) is 13.1 Å². The van der Waals surface area contributed by atoms with E-state index in [1.807, 2.05) is 51.7 Å². The van der Waals surface area contributed by atoms with Gasteiger partial charge in [-0.05, 0) is 65.5 Å². The number of nitrogens with zero attached hydrogens (tertiary/aromatic N) is 2. The van der Waals surface area contributed by atoms with Crippen LogP contribution < -0.4 is 0 Å². The molecule has 0 radical (unpaired) electrons. The van der Waals surface area contributed by atoms with Crippen molar-refractivity contribution in [2.24, 2.45) is 5.92 Å². The molecule has 0 spiro atoms. The number of amides is 2. The normalized spacial score (nSPS) is 17.7. The molecular weight excluding hydrogens is 340 g/mol. The van der Waals surface area contributed by atoms with Gasteiger partial charge < -0.3 is 14.5 Å². The molecule has 2 rings (SSSR count). The molecule has 1 aliphatic rings. The number of likely N-dealkylation sites (tertiary alicyclic amines) is 1. The number of aryl methyl sites for hydroxylation is 1. The Balaban J connectivity index is 2.08. The molecule has 0 bridgehead atoms. The first-order valence-corrected chi connectivity index (χ1v) is 9.91. The van der Waals surface area contributed by atoms with Crippen molar-refractivity contribution in [2.45, 2.75) is 72.6 Å². The average Bonchev–Trinajstić information content (AvgIpc) is 2.59. The highest BCUT2D eigenvalue weighted by atomic mass is 16.6. The average molecular weight is 375 g/mol. The van der Waals surface area contributed by atoms with Gasteiger partial charge in [-0.25, -0.2) is 4.79 Å². The number of ether oxygens (including phenoxy) is 1. The largest absolute Gasteiger partial charge is 0.444 e. The lowest BCUT2D eigenvalue weighted by Gasteiger charge is -2.37. The molecule has 0 saturated carbocycles. The van der Waals surface area contributed by atoms with Crippen LogP contribution in [0.5, 0.6) is 0 Å². The highest BCUT2D eigenvalue weighted by molar-refractivity contribution is 5.80. The first-order valence-electron chi connectivity index (χ1n) is 9.91. The number of rotatable bonds is 4. The number of carbonyl (C=O) groups is 2. The highest BCUT2D eigenvalue weighted by Crippen LogP contribution is 2.23. The Bertz CT molecular complexity index is 664. The zero-order valence-corrected chi connectivity index (χ0v) is 17.6. The minimum Gasteiger partial charge on any atom is -0.444 e. The van der Waals surface area contributed by atoms with E-state index in [9.17, 15) is 9.59 Å². The molecule has 1 saturated heterocycles. The van der Waals surface area contributed by atoms with Crippen LogP contribution in [0.1, 0.15) is 58.6 Å². The fourth-order valence-corrected chi connectivity index (χ4v) is 3.39. The second-order valence-electron chi connectivity index (χ2n) is 8.75. The van der Waals surface area contributed by atoms with Crippen molar-refractivity contribution < 1.29 is 14.3 Å². The molecule has 150 valence electrons. The summed E-state index contributed by atoms with van der Waals surface area (Å²) < 4.78 is 5.49. The summed E-state index contributed by atoms with van der Waals surface area (Å²) in [7, 11) is 0. The predicted molar refractivity (Wildman–Crippen MR) is 107 cm³/mol. The molecule has 5 heteroatoms. The Morgan fingerprint density at radius 3 is 2.52 bits per heavy atom. The van der Waals surface area contributed by atoms with Crippen LogP contribution in [0.15, 0.2) is 24.3 Å². The van der Waals surface area contributed by atoms with Gasteiger partial charge in [0.1, 0.15) is 5.60 Å². The summed E-state index contributed by atoms with van der Waals surface area (Å²) in [6, 6.07) is 8.28. The van der Waals surface area contributed by atoms with E-state index in [1.165, 1.54) is 11.1 Å². The summed E-state index contributed by atoms with van der Waals surface area (Å²) in [4.78, 5) is 29.3. The summed E-state index contributed by atoms with van der Waals surface area (Å²) in [5, 5.41) is 0.